The van der Waals surface area contributed by atoms with Gasteiger partial charge in [0.1, 0.15) is 0 Å². The van der Waals surface area contributed by atoms with Crippen molar-refractivity contribution in [2.75, 3.05) is 6.54 Å². The van der Waals surface area contributed by atoms with E-state index in [9.17, 15) is 5.11 Å². The van der Waals surface area contributed by atoms with E-state index in [-0.39, 0.29) is 6.10 Å². The van der Waals surface area contributed by atoms with Crippen LogP contribution in [0.15, 0.2) is 0 Å². The van der Waals surface area contributed by atoms with Crippen LogP contribution in [0.5, 0.6) is 0 Å². The molecule has 0 aromatic rings. The Morgan fingerprint density at radius 1 is 1.18 bits per heavy atom. The number of rotatable bonds is 2. The average Bonchev–Trinajstić information content (AvgIpc) is 2.32. The fourth-order valence-corrected chi connectivity index (χ4v) is 2.23. The van der Waals surface area contributed by atoms with E-state index in [0.717, 1.165) is 6.54 Å². The first-order valence-corrected chi connectivity index (χ1v) is 4.79. The highest BCUT2D eigenvalue weighted by Gasteiger charge is 2.32. The van der Waals surface area contributed by atoms with E-state index < -0.39 is 0 Å². The van der Waals surface area contributed by atoms with E-state index in [0.29, 0.717) is 12.0 Å². The summed E-state index contributed by atoms with van der Waals surface area (Å²) in [4.78, 5) is 0. The Kier molecular flexibility index (Phi) is 2.14. The molecule has 1 heterocycles. The van der Waals surface area contributed by atoms with E-state index in [4.69, 9.17) is 0 Å². The Hall–Kier alpha value is -0.0800. The summed E-state index contributed by atoms with van der Waals surface area (Å²) in [5, 5.41) is 13.1. The van der Waals surface area contributed by atoms with Crippen LogP contribution in [0.4, 0.5) is 0 Å². The maximum Gasteiger partial charge on any atom is 0.0721 e. The van der Waals surface area contributed by atoms with Crippen molar-refractivity contribution in [3.05, 3.63) is 0 Å². The van der Waals surface area contributed by atoms with Gasteiger partial charge in [0, 0.05) is 6.04 Å². The lowest BCUT2D eigenvalue weighted by molar-refractivity contribution is 0.0460. The smallest absolute Gasteiger partial charge is 0.0721 e. The zero-order chi connectivity index (χ0) is 7.68. The Labute approximate surface area is 68.0 Å². The second kappa shape index (κ2) is 3.11. The predicted octanol–water partition coefficient (Wildman–Crippen LogP) is 0.899. The second-order valence-electron chi connectivity index (χ2n) is 3.88. The molecule has 2 heteroatoms. The van der Waals surface area contributed by atoms with Crippen molar-refractivity contribution in [3.8, 4) is 0 Å². The van der Waals surface area contributed by atoms with Gasteiger partial charge in [0.15, 0.2) is 0 Å². The van der Waals surface area contributed by atoms with E-state index in [1.165, 1.54) is 32.1 Å². The first-order valence-electron chi connectivity index (χ1n) is 4.79. The van der Waals surface area contributed by atoms with Gasteiger partial charge in [0.05, 0.1) is 6.10 Å². The minimum absolute atomic E-state index is 0.0498. The highest BCUT2D eigenvalue weighted by molar-refractivity contribution is 4.89. The fourth-order valence-electron chi connectivity index (χ4n) is 2.23. The Morgan fingerprint density at radius 2 is 1.82 bits per heavy atom. The van der Waals surface area contributed by atoms with Crippen molar-refractivity contribution in [1.82, 2.24) is 5.32 Å². The number of hydrogen-bond acceptors (Lipinski definition) is 2. The van der Waals surface area contributed by atoms with Crippen LogP contribution in [0.2, 0.25) is 0 Å². The number of hydrogen-bond donors (Lipinski definition) is 2. The van der Waals surface area contributed by atoms with E-state index in [1.54, 1.807) is 0 Å². The summed E-state index contributed by atoms with van der Waals surface area (Å²) < 4.78 is 0. The zero-order valence-electron chi connectivity index (χ0n) is 6.92. The lowest BCUT2D eigenvalue weighted by atomic mass is 9.89. The largest absolute Gasteiger partial charge is 0.391 e. The maximum absolute atomic E-state index is 9.81. The molecule has 11 heavy (non-hydrogen) atoms. The second-order valence-corrected chi connectivity index (χ2v) is 3.88. The molecule has 0 bridgehead atoms. The first kappa shape index (κ1) is 7.56. The van der Waals surface area contributed by atoms with Gasteiger partial charge in [-0.25, -0.2) is 0 Å². The summed E-state index contributed by atoms with van der Waals surface area (Å²) >= 11 is 0. The minimum atomic E-state index is -0.0498. The summed E-state index contributed by atoms with van der Waals surface area (Å²) in [5.74, 6) is 0.604. The van der Waals surface area contributed by atoms with Crippen LogP contribution in [-0.2, 0) is 0 Å². The highest BCUT2D eigenvalue weighted by atomic mass is 16.3. The molecule has 2 atom stereocenters. The third-order valence-electron chi connectivity index (χ3n) is 3.16. The van der Waals surface area contributed by atoms with Gasteiger partial charge >= 0.3 is 0 Å². The molecule has 1 aliphatic heterocycles. The predicted molar refractivity (Wildman–Crippen MR) is 44.4 cm³/mol. The molecule has 0 aromatic heterocycles. The molecule has 2 fully saturated rings. The SMILES string of the molecule is OC(C1CCCC1)C1CCN1. The van der Waals surface area contributed by atoms with Crippen molar-refractivity contribution in [3.63, 3.8) is 0 Å². The van der Waals surface area contributed by atoms with E-state index in [2.05, 4.69) is 5.32 Å². The molecular weight excluding hydrogens is 138 g/mol. The van der Waals surface area contributed by atoms with Gasteiger partial charge in [-0.2, -0.15) is 0 Å². The van der Waals surface area contributed by atoms with Crippen molar-refractivity contribution in [1.29, 1.82) is 0 Å². The normalized spacial score (nSPS) is 35.2. The monoisotopic (exact) mass is 155 g/mol. The van der Waals surface area contributed by atoms with Crippen molar-refractivity contribution in [2.24, 2.45) is 5.92 Å². The highest BCUT2D eigenvalue weighted by Crippen LogP contribution is 2.30. The molecule has 2 unspecified atom stereocenters. The van der Waals surface area contributed by atoms with Gasteiger partial charge in [-0.1, -0.05) is 12.8 Å². The van der Waals surface area contributed by atoms with Crippen LogP contribution in [-0.4, -0.2) is 23.8 Å². The topological polar surface area (TPSA) is 32.3 Å². The molecule has 0 aromatic carbocycles. The third kappa shape index (κ3) is 1.42. The van der Waals surface area contributed by atoms with Crippen LogP contribution in [0.1, 0.15) is 32.1 Å². The van der Waals surface area contributed by atoms with E-state index >= 15 is 0 Å². The third-order valence-corrected chi connectivity index (χ3v) is 3.16. The van der Waals surface area contributed by atoms with Crippen LogP contribution in [0, 0.1) is 5.92 Å². The first-order chi connectivity index (χ1) is 5.38. The summed E-state index contributed by atoms with van der Waals surface area (Å²) in [6, 6.07) is 0.429. The number of aliphatic hydroxyl groups excluding tert-OH is 1. The summed E-state index contributed by atoms with van der Waals surface area (Å²) in [6.07, 6.45) is 6.28. The van der Waals surface area contributed by atoms with Gasteiger partial charge in [-0.05, 0) is 31.7 Å². The molecule has 64 valence electrons. The molecule has 0 spiro atoms. The molecule has 2 aliphatic rings. The summed E-state index contributed by atoms with van der Waals surface area (Å²) in [6.45, 7) is 1.11. The van der Waals surface area contributed by atoms with Crippen LogP contribution in [0.3, 0.4) is 0 Å². The molecule has 0 amide bonds. The Balaban J connectivity index is 1.82. The van der Waals surface area contributed by atoms with Gasteiger partial charge in [-0.15, -0.1) is 0 Å². The fraction of sp³-hybridized carbons (Fsp3) is 1.00. The molecule has 2 rings (SSSR count). The number of nitrogens with one attached hydrogen (secondary N) is 1. The standard InChI is InChI=1S/C9H17NO/c11-9(8-5-6-10-8)7-3-1-2-4-7/h7-11H,1-6H2. The molecule has 1 aliphatic carbocycles. The van der Waals surface area contributed by atoms with Gasteiger partial charge in [0.25, 0.3) is 0 Å². The van der Waals surface area contributed by atoms with Gasteiger partial charge in [-0.3, -0.25) is 0 Å². The molecule has 2 nitrogen and oxygen atoms in total. The maximum atomic E-state index is 9.81. The lowest BCUT2D eigenvalue weighted by Gasteiger charge is -2.35. The molecule has 1 saturated carbocycles. The van der Waals surface area contributed by atoms with Crippen molar-refractivity contribution in [2.45, 2.75) is 44.2 Å². The quantitative estimate of drug-likeness (QED) is 0.621. The molecule has 2 N–H and O–H groups in total. The van der Waals surface area contributed by atoms with Crippen LogP contribution >= 0.6 is 0 Å². The molecule has 1 saturated heterocycles. The van der Waals surface area contributed by atoms with Crippen molar-refractivity contribution < 1.29 is 5.11 Å². The summed E-state index contributed by atoms with van der Waals surface area (Å²) in [5.41, 5.74) is 0. The average molecular weight is 155 g/mol. The van der Waals surface area contributed by atoms with Gasteiger partial charge in [0.2, 0.25) is 0 Å². The Bertz CT molecular complexity index is 128. The van der Waals surface area contributed by atoms with Crippen LogP contribution < -0.4 is 5.32 Å². The minimum Gasteiger partial charge on any atom is -0.391 e. The summed E-state index contributed by atoms with van der Waals surface area (Å²) in [7, 11) is 0. The molecular formula is C9H17NO. The molecule has 0 radical (unpaired) electrons. The Morgan fingerprint density at radius 3 is 2.27 bits per heavy atom. The van der Waals surface area contributed by atoms with E-state index in [1.807, 2.05) is 0 Å². The lowest BCUT2D eigenvalue weighted by Crippen LogP contribution is -2.52. The van der Waals surface area contributed by atoms with Crippen molar-refractivity contribution >= 4 is 0 Å². The van der Waals surface area contributed by atoms with Crippen LogP contribution in [0.25, 0.3) is 0 Å². The van der Waals surface area contributed by atoms with Gasteiger partial charge < -0.3 is 10.4 Å². The number of aliphatic hydroxyl groups is 1. The zero-order valence-corrected chi connectivity index (χ0v) is 6.92.